The number of hydrogen-bond donors (Lipinski definition) is 2. The summed E-state index contributed by atoms with van der Waals surface area (Å²) in [5.74, 6) is 1.22. The van der Waals surface area contributed by atoms with E-state index in [1.54, 1.807) is 0 Å². The van der Waals surface area contributed by atoms with Crippen molar-refractivity contribution in [3.05, 3.63) is 0 Å². The molecule has 0 spiro atoms. The minimum atomic E-state index is -0.0213. The third kappa shape index (κ3) is 3.20. The predicted molar refractivity (Wildman–Crippen MR) is 90.8 cm³/mol. The topological polar surface area (TPSA) is 40.5 Å². The van der Waals surface area contributed by atoms with Crippen molar-refractivity contribution < 1.29 is 19.2 Å². The van der Waals surface area contributed by atoms with Crippen molar-refractivity contribution in [2.75, 3.05) is 52.4 Å². The average Bonchev–Trinajstić information content (AvgIpc) is 2.56. The largest absolute Gasteiger partial charge is 0.387 e. The van der Waals surface area contributed by atoms with Gasteiger partial charge in [-0.25, -0.2) is 0 Å². The van der Waals surface area contributed by atoms with Gasteiger partial charge in [0.25, 0.3) is 0 Å². The summed E-state index contributed by atoms with van der Waals surface area (Å²) < 4.78 is 2.41. The molecular formula is C19H36N2O2+2. The molecule has 23 heavy (non-hydrogen) atoms. The van der Waals surface area contributed by atoms with Gasteiger partial charge in [-0.2, -0.15) is 0 Å². The van der Waals surface area contributed by atoms with Crippen molar-refractivity contribution in [2.45, 2.75) is 57.2 Å². The van der Waals surface area contributed by atoms with Gasteiger partial charge in [-0.1, -0.05) is 0 Å². The second kappa shape index (κ2) is 6.29. The fourth-order valence-corrected chi connectivity index (χ4v) is 6.20. The zero-order valence-corrected chi connectivity index (χ0v) is 14.7. The van der Waals surface area contributed by atoms with Crippen molar-refractivity contribution in [1.29, 1.82) is 0 Å². The second-order valence-corrected chi connectivity index (χ2v) is 9.26. The molecule has 0 radical (unpaired) electrons. The average molecular weight is 325 g/mol. The number of quaternary nitrogens is 2. The van der Waals surface area contributed by atoms with Crippen LogP contribution in [0.2, 0.25) is 0 Å². The van der Waals surface area contributed by atoms with Crippen LogP contribution in [0.1, 0.15) is 44.9 Å². The van der Waals surface area contributed by atoms with Gasteiger partial charge in [0.2, 0.25) is 0 Å². The van der Waals surface area contributed by atoms with Crippen LogP contribution in [0.3, 0.4) is 0 Å². The zero-order chi connectivity index (χ0) is 15.9. The van der Waals surface area contributed by atoms with Gasteiger partial charge in [-0.3, -0.25) is 0 Å². The maximum atomic E-state index is 10.2. The first kappa shape index (κ1) is 16.3. The van der Waals surface area contributed by atoms with Crippen molar-refractivity contribution >= 4 is 0 Å². The van der Waals surface area contributed by atoms with Crippen LogP contribution in [0.5, 0.6) is 0 Å². The Morgan fingerprint density at radius 3 is 1.35 bits per heavy atom. The molecule has 0 aromatic carbocycles. The van der Waals surface area contributed by atoms with Gasteiger partial charge in [0.1, 0.15) is 25.3 Å². The van der Waals surface area contributed by atoms with Crippen LogP contribution in [-0.2, 0) is 0 Å². The van der Waals surface area contributed by atoms with Crippen LogP contribution < -0.4 is 0 Å². The standard InChI is InChI=1S/C19H36N2O2/c22-18-14-20(10-4-16(18)5-11-20)8-2-1-3-9-21-12-6-17(7-13-21)19(23)15-21/h16-19,22-23H,1-15H2/q+2. The van der Waals surface area contributed by atoms with E-state index in [0.717, 1.165) is 13.1 Å². The number of piperidine rings is 6. The number of fused-ring (bicyclic) bond motifs is 6. The van der Waals surface area contributed by atoms with E-state index >= 15 is 0 Å². The minimum Gasteiger partial charge on any atom is -0.387 e. The van der Waals surface area contributed by atoms with Crippen LogP contribution >= 0.6 is 0 Å². The van der Waals surface area contributed by atoms with Crippen LogP contribution in [0.4, 0.5) is 0 Å². The zero-order valence-electron chi connectivity index (χ0n) is 14.7. The van der Waals surface area contributed by atoms with Crippen molar-refractivity contribution in [2.24, 2.45) is 11.8 Å². The van der Waals surface area contributed by atoms with Gasteiger partial charge in [0.15, 0.2) is 0 Å². The monoisotopic (exact) mass is 324 g/mol. The number of rotatable bonds is 6. The first-order valence-electron chi connectivity index (χ1n) is 10.2. The molecule has 6 aliphatic heterocycles. The fourth-order valence-electron chi connectivity index (χ4n) is 6.20. The fraction of sp³-hybridized carbons (Fsp3) is 1.00. The van der Waals surface area contributed by atoms with E-state index in [9.17, 15) is 10.2 Å². The summed E-state index contributed by atoms with van der Waals surface area (Å²) >= 11 is 0. The van der Waals surface area contributed by atoms with E-state index in [0.29, 0.717) is 11.8 Å². The molecule has 2 unspecified atom stereocenters. The normalized spacial score (nSPS) is 48.8. The lowest BCUT2D eigenvalue weighted by molar-refractivity contribution is -0.948. The summed E-state index contributed by atoms with van der Waals surface area (Å²) in [6.07, 6.45) is 8.93. The third-order valence-corrected chi connectivity index (χ3v) is 7.90. The Morgan fingerprint density at radius 1 is 0.609 bits per heavy atom. The molecule has 0 saturated carbocycles. The second-order valence-electron chi connectivity index (χ2n) is 9.26. The van der Waals surface area contributed by atoms with Crippen molar-refractivity contribution in [3.63, 3.8) is 0 Å². The number of unbranched alkanes of at least 4 members (excludes halogenated alkanes) is 2. The quantitative estimate of drug-likeness (QED) is 0.572. The Balaban J connectivity index is 1.19. The molecule has 6 fully saturated rings. The van der Waals surface area contributed by atoms with Gasteiger partial charge in [0, 0.05) is 37.5 Å². The maximum Gasteiger partial charge on any atom is 0.106 e. The minimum absolute atomic E-state index is 0.0213. The molecule has 6 heterocycles. The number of aliphatic hydroxyl groups excluding tert-OH is 2. The molecule has 4 bridgehead atoms. The van der Waals surface area contributed by atoms with Crippen molar-refractivity contribution in [1.82, 2.24) is 0 Å². The lowest BCUT2D eigenvalue weighted by Crippen LogP contribution is -2.64. The van der Waals surface area contributed by atoms with Crippen LogP contribution in [-0.4, -0.2) is 83.7 Å². The molecule has 4 heteroatoms. The summed E-state index contributed by atoms with van der Waals surface area (Å²) in [4.78, 5) is 0. The van der Waals surface area contributed by atoms with Gasteiger partial charge in [0.05, 0.1) is 39.3 Å². The summed E-state index contributed by atoms with van der Waals surface area (Å²) in [7, 11) is 0. The SMILES string of the molecule is OC1C[N+]2(CCCCC[N+]34CCC(CC3)C(O)C4)CCC1CC2. The summed E-state index contributed by atoms with van der Waals surface area (Å²) in [5, 5.41) is 20.4. The van der Waals surface area contributed by atoms with Gasteiger partial charge in [-0.15, -0.1) is 0 Å². The number of nitrogens with zero attached hydrogens (tertiary/aromatic N) is 2. The van der Waals surface area contributed by atoms with Crippen LogP contribution in [0.25, 0.3) is 0 Å². The number of aliphatic hydroxyl groups is 2. The van der Waals surface area contributed by atoms with Gasteiger partial charge in [-0.05, 0) is 19.3 Å². The Labute approximate surface area is 141 Å². The highest BCUT2D eigenvalue weighted by Crippen LogP contribution is 2.35. The Hall–Kier alpha value is -0.160. The highest BCUT2D eigenvalue weighted by molar-refractivity contribution is 4.80. The molecule has 4 nitrogen and oxygen atoms in total. The number of hydrogen-bond acceptors (Lipinski definition) is 2. The molecule has 6 rings (SSSR count). The third-order valence-electron chi connectivity index (χ3n) is 7.90. The van der Waals surface area contributed by atoms with E-state index in [1.165, 1.54) is 93.2 Å². The van der Waals surface area contributed by atoms with E-state index in [2.05, 4.69) is 0 Å². The Kier molecular flexibility index (Phi) is 4.46. The molecule has 0 aromatic heterocycles. The van der Waals surface area contributed by atoms with Gasteiger partial charge >= 0.3 is 0 Å². The Morgan fingerprint density at radius 2 is 1.00 bits per heavy atom. The molecule has 6 aliphatic rings. The van der Waals surface area contributed by atoms with Gasteiger partial charge < -0.3 is 19.2 Å². The highest BCUT2D eigenvalue weighted by Gasteiger charge is 2.45. The molecule has 0 aromatic rings. The molecule has 0 aliphatic carbocycles. The summed E-state index contributed by atoms with van der Waals surface area (Å²) in [5.41, 5.74) is 0. The van der Waals surface area contributed by atoms with E-state index in [4.69, 9.17) is 0 Å². The smallest absolute Gasteiger partial charge is 0.106 e. The predicted octanol–water partition coefficient (Wildman–Crippen LogP) is 1.36. The summed E-state index contributed by atoms with van der Waals surface area (Å²) in [6, 6.07) is 0. The molecule has 2 atom stereocenters. The first-order valence-corrected chi connectivity index (χ1v) is 10.2. The van der Waals surface area contributed by atoms with E-state index in [1.807, 2.05) is 0 Å². The van der Waals surface area contributed by atoms with Crippen LogP contribution in [0, 0.1) is 11.8 Å². The maximum absolute atomic E-state index is 10.2. The summed E-state index contributed by atoms with van der Waals surface area (Å²) in [6.45, 7) is 9.88. The first-order chi connectivity index (χ1) is 11.1. The molecular weight excluding hydrogens is 288 g/mol. The Bertz CT molecular complexity index is 374. The highest BCUT2D eigenvalue weighted by atomic mass is 16.3. The lowest BCUT2D eigenvalue weighted by atomic mass is 9.83. The van der Waals surface area contributed by atoms with Crippen molar-refractivity contribution in [3.8, 4) is 0 Å². The lowest BCUT2D eigenvalue weighted by Gasteiger charge is -2.52. The van der Waals surface area contributed by atoms with E-state index < -0.39 is 0 Å². The molecule has 2 N–H and O–H groups in total. The molecule has 0 amide bonds. The van der Waals surface area contributed by atoms with Crippen LogP contribution in [0.15, 0.2) is 0 Å². The molecule has 132 valence electrons. The molecule has 6 saturated heterocycles. The van der Waals surface area contributed by atoms with E-state index in [-0.39, 0.29) is 12.2 Å².